The van der Waals surface area contributed by atoms with Crippen LogP contribution in [0.5, 0.6) is 0 Å². The van der Waals surface area contributed by atoms with Gasteiger partial charge in [0, 0.05) is 30.0 Å². The van der Waals surface area contributed by atoms with Gasteiger partial charge >= 0.3 is 0 Å². The summed E-state index contributed by atoms with van der Waals surface area (Å²) in [6.07, 6.45) is 5.05. The lowest BCUT2D eigenvalue weighted by Gasteiger charge is -2.16. The Morgan fingerprint density at radius 2 is 2.38 bits per heavy atom. The molecule has 0 spiro atoms. The van der Waals surface area contributed by atoms with E-state index in [-0.39, 0.29) is 6.04 Å². The zero-order valence-corrected chi connectivity index (χ0v) is 12.8. The molecule has 2 heterocycles. The second kappa shape index (κ2) is 6.18. The van der Waals surface area contributed by atoms with Crippen molar-refractivity contribution in [2.45, 2.75) is 38.0 Å². The highest BCUT2D eigenvalue weighted by Crippen LogP contribution is 2.32. The fraction of sp³-hybridized carbons (Fsp3) is 0.438. The average Bonchev–Trinajstić information content (AvgIpc) is 3.01. The highest BCUT2D eigenvalue weighted by Gasteiger charge is 2.28. The number of aliphatic hydroxyl groups excluding tert-OH is 1. The molecule has 1 aliphatic heterocycles. The van der Waals surface area contributed by atoms with Crippen molar-refractivity contribution in [1.82, 2.24) is 14.9 Å². The van der Waals surface area contributed by atoms with E-state index < -0.39 is 6.10 Å². The number of fused-ring (bicyclic) bond motifs is 1. The van der Waals surface area contributed by atoms with E-state index in [9.17, 15) is 5.11 Å². The van der Waals surface area contributed by atoms with Crippen LogP contribution in [0.2, 0.25) is 5.02 Å². The summed E-state index contributed by atoms with van der Waals surface area (Å²) in [5.41, 5.74) is 1.05. The smallest absolute Gasteiger partial charge is 0.126 e. The molecule has 0 bridgehead atoms. The van der Waals surface area contributed by atoms with Gasteiger partial charge < -0.3 is 15.0 Å². The number of benzene rings is 1. The van der Waals surface area contributed by atoms with Gasteiger partial charge in [0.25, 0.3) is 0 Å². The molecule has 1 aromatic carbocycles. The van der Waals surface area contributed by atoms with Gasteiger partial charge in [0.15, 0.2) is 0 Å². The lowest BCUT2D eigenvalue weighted by Crippen LogP contribution is -2.31. The quantitative estimate of drug-likeness (QED) is 0.893. The normalized spacial score (nSPS) is 22.2. The molecule has 0 saturated heterocycles. The van der Waals surface area contributed by atoms with Crippen LogP contribution >= 0.6 is 11.6 Å². The summed E-state index contributed by atoms with van der Waals surface area (Å²) < 4.78 is 2.20. The minimum atomic E-state index is -0.428. The lowest BCUT2D eigenvalue weighted by atomic mass is 10.1. The van der Waals surface area contributed by atoms with E-state index >= 15 is 0 Å². The standard InChI is InChI=1S/C16H20ClN3O/c1-11-7-15(16-18-5-6-20(11)16)19-10-14(21)9-12-3-2-4-13(17)8-12/h2-6,8,11,14-15,19,21H,7,9-10H2,1H3. The number of aromatic nitrogens is 2. The maximum absolute atomic E-state index is 10.2. The number of hydrogen-bond donors (Lipinski definition) is 2. The molecular weight excluding hydrogens is 286 g/mol. The monoisotopic (exact) mass is 305 g/mol. The van der Waals surface area contributed by atoms with E-state index in [2.05, 4.69) is 21.8 Å². The molecule has 1 aromatic heterocycles. The van der Waals surface area contributed by atoms with Gasteiger partial charge in [-0.25, -0.2) is 4.98 Å². The van der Waals surface area contributed by atoms with Crippen molar-refractivity contribution in [3.8, 4) is 0 Å². The summed E-state index contributed by atoms with van der Waals surface area (Å²) in [5, 5.41) is 14.3. The summed E-state index contributed by atoms with van der Waals surface area (Å²) in [5.74, 6) is 1.07. The van der Waals surface area contributed by atoms with Gasteiger partial charge in [0.1, 0.15) is 5.82 Å². The molecule has 3 rings (SSSR count). The first kappa shape index (κ1) is 14.6. The van der Waals surface area contributed by atoms with Gasteiger partial charge in [0.05, 0.1) is 12.1 Å². The first-order chi connectivity index (χ1) is 10.1. The third-order valence-corrected chi connectivity index (χ3v) is 4.26. The van der Waals surface area contributed by atoms with Crippen molar-refractivity contribution in [3.63, 3.8) is 0 Å². The molecule has 4 nitrogen and oxygen atoms in total. The van der Waals surface area contributed by atoms with Gasteiger partial charge in [0.2, 0.25) is 0 Å². The van der Waals surface area contributed by atoms with Crippen LogP contribution in [-0.4, -0.2) is 27.3 Å². The Hall–Kier alpha value is -1.36. The van der Waals surface area contributed by atoms with E-state index in [0.29, 0.717) is 24.0 Å². The summed E-state index contributed by atoms with van der Waals surface area (Å²) >= 11 is 5.96. The molecule has 5 heteroatoms. The fourth-order valence-electron chi connectivity index (χ4n) is 2.99. The summed E-state index contributed by atoms with van der Waals surface area (Å²) in [7, 11) is 0. The van der Waals surface area contributed by atoms with E-state index in [4.69, 9.17) is 11.6 Å². The van der Waals surface area contributed by atoms with Gasteiger partial charge in [-0.15, -0.1) is 0 Å². The Balaban J connectivity index is 1.54. The Kier molecular flexibility index (Phi) is 4.29. The second-order valence-electron chi connectivity index (χ2n) is 5.73. The zero-order chi connectivity index (χ0) is 14.8. The Labute approximate surface area is 129 Å². The summed E-state index contributed by atoms with van der Waals surface area (Å²) in [4.78, 5) is 4.40. The minimum absolute atomic E-state index is 0.226. The van der Waals surface area contributed by atoms with Crippen LogP contribution in [0.1, 0.15) is 36.8 Å². The predicted molar refractivity (Wildman–Crippen MR) is 83.5 cm³/mol. The van der Waals surface area contributed by atoms with Gasteiger partial charge in [-0.05, 0) is 37.5 Å². The van der Waals surface area contributed by atoms with Crippen LogP contribution in [0.4, 0.5) is 0 Å². The molecule has 3 unspecified atom stereocenters. The molecule has 21 heavy (non-hydrogen) atoms. The number of rotatable bonds is 5. The molecule has 0 fully saturated rings. The van der Waals surface area contributed by atoms with Crippen molar-refractivity contribution in [2.75, 3.05) is 6.54 Å². The third kappa shape index (κ3) is 3.28. The van der Waals surface area contributed by atoms with Crippen LogP contribution in [0.25, 0.3) is 0 Å². The highest BCUT2D eigenvalue weighted by atomic mass is 35.5. The van der Waals surface area contributed by atoms with Crippen molar-refractivity contribution in [1.29, 1.82) is 0 Å². The SMILES string of the molecule is CC1CC(NCC(O)Cc2cccc(Cl)c2)c2nccn21. The molecule has 112 valence electrons. The topological polar surface area (TPSA) is 50.1 Å². The second-order valence-corrected chi connectivity index (χ2v) is 6.16. The number of halogens is 1. The number of nitrogens with zero attached hydrogens (tertiary/aromatic N) is 2. The Bertz CT molecular complexity index is 613. The van der Waals surface area contributed by atoms with Crippen LogP contribution in [-0.2, 0) is 6.42 Å². The molecule has 3 atom stereocenters. The molecule has 1 aliphatic rings. The van der Waals surface area contributed by atoms with Crippen molar-refractivity contribution in [2.24, 2.45) is 0 Å². The van der Waals surface area contributed by atoms with Crippen molar-refractivity contribution >= 4 is 11.6 Å². The van der Waals surface area contributed by atoms with Crippen molar-refractivity contribution < 1.29 is 5.11 Å². The van der Waals surface area contributed by atoms with E-state index in [1.807, 2.05) is 36.7 Å². The summed E-state index contributed by atoms with van der Waals surface area (Å²) in [6.45, 7) is 2.74. The van der Waals surface area contributed by atoms with Crippen molar-refractivity contribution in [3.05, 3.63) is 53.1 Å². The minimum Gasteiger partial charge on any atom is -0.391 e. The Morgan fingerprint density at radius 1 is 1.52 bits per heavy atom. The van der Waals surface area contributed by atoms with Crippen LogP contribution < -0.4 is 5.32 Å². The average molecular weight is 306 g/mol. The van der Waals surface area contributed by atoms with E-state index in [1.54, 1.807) is 0 Å². The fourth-order valence-corrected chi connectivity index (χ4v) is 3.20. The zero-order valence-electron chi connectivity index (χ0n) is 12.0. The Morgan fingerprint density at radius 3 is 3.19 bits per heavy atom. The van der Waals surface area contributed by atoms with Gasteiger partial charge in [-0.3, -0.25) is 0 Å². The summed E-state index contributed by atoms with van der Waals surface area (Å²) in [6, 6.07) is 8.33. The molecule has 0 saturated carbocycles. The largest absolute Gasteiger partial charge is 0.391 e. The molecular formula is C16H20ClN3O. The molecule has 0 amide bonds. The van der Waals surface area contributed by atoms with Gasteiger partial charge in [-0.1, -0.05) is 23.7 Å². The number of aliphatic hydroxyl groups is 1. The maximum atomic E-state index is 10.2. The lowest BCUT2D eigenvalue weighted by molar-refractivity contribution is 0.166. The maximum Gasteiger partial charge on any atom is 0.126 e. The third-order valence-electron chi connectivity index (χ3n) is 4.02. The molecule has 0 radical (unpaired) electrons. The number of imidazole rings is 1. The first-order valence-corrected chi connectivity index (χ1v) is 7.70. The molecule has 2 N–H and O–H groups in total. The molecule has 2 aromatic rings. The van der Waals surface area contributed by atoms with Gasteiger partial charge in [-0.2, -0.15) is 0 Å². The highest BCUT2D eigenvalue weighted by molar-refractivity contribution is 6.30. The van der Waals surface area contributed by atoms with Crippen LogP contribution in [0.15, 0.2) is 36.7 Å². The molecule has 0 aliphatic carbocycles. The number of hydrogen-bond acceptors (Lipinski definition) is 3. The predicted octanol–water partition coefficient (Wildman–Crippen LogP) is 2.74. The van der Waals surface area contributed by atoms with E-state index in [0.717, 1.165) is 17.8 Å². The first-order valence-electron chi connectivity index (χ1n) is 7.32. The number of nitrogens with one attached hydrogen (secondary N) is 1. The van der Waals surface area contributed by atoms with Crippen LogP contribution in [0.3, 0.4) is 0 Å². The van der Waals surface area contributed by atoms with E-state index in [1.165, 1.54) is 0 Å². The van der Waals surface area contributed by atoms with Crippen LogP contribution in [0, 0.1) is 0 Å².